The lowest BCUT2D eigenvalue weighted by Gasteiger charge is -2.29. The number of hydrogen-bond acceptors (Lipinski definition) is 3. The van der Waals surface area contributed by atoms with Gasteiger partial charge in [-0.3, -0.25) is 9.48 Å². The van der Waals surface area contributed by atoms with Crippen molar-refractivity contribution in [1.82, 2.24) is 9.36 Å². The van der Waals surface area contributed by atoms with Crippen molar-refractivity contribution >= 4 is 11.5 Å². The Morgan fingerprint density at radius 2 is 1.81 bits per heavy atom. The molecule has 6 nitrogen and oxygen atoms in total. The maximum atomic E-state index is 12.1. The lowest BCUT2D eigenvalue weighted by atomic mass is 10.3. The van der Waals surface area contributed by atoms with Crippen molar-refractivity contribution in [2.45, 2.75) is 46.2 Å². The molecule has 21 heavy (non-hydrogen) atoms. The van der Waals surface area contributed by atoms with Crippen molar-refractivity contribution in [2.24, 2.45) is 0 Å². The van der Waals surface area contributed by atoms with Crippen molar-refractivity contribution in [1.29, 1.82) is 0 Å². The van der Waals surface area contributed by atoms with E-state index in [2.05, 4.69) is 12.4 Å². The first-order chi connectivity index (χ1) is 10.0. The molecule has 0 bridgehead atoms. The molecule has 1 aromatic heterocycles. The Balaban J connectivity index is 1.95. The summed E-state index contributed by atoms with van der Waals surface area (Å²) in [6, 6.07) is 0. The zero-order valence-corrected chi connectivity index (χ0v) is 13.7. The van der Waals surface area contributed by atoms with E-state index in [1.165, 1.54) is 37.0 Å². The molecule has 0 spiro atoms. The molecule has 0 saturated carbocycles. The summed E-state index contributed by atoms with van der Waals surface area (Å²) in [4.78, 5) is 12.1. The minimum atomic E-state index is -0.0830. The molecule has 6 heteroatoms. The van der Waals surface area contributed by atoms with Gasteiger partial charge in [0.2, 0.25) is 0 Å². The summed E-state index contributed by atoms with van der Waals surface area (Å²) < 4.78 is 4.84. The topological polar surface area (TPSA) is 65.0 Å². The van der Waals surface area contributed by atoms with Gasteiger partial charge in [0.25, 0.3) is 5.56 Å². The molecule has 0 unspecified atom stereocenters. The van der Waals surface area contributed by atoms with Gasteiger partial charge in [-0.2, -0.15) is 0 Å². The Morgan fingerprint density at radius 3 is 2.38 bits per heavy atom. The number of quaternary nitrogens is 1. The fraction of sp³-hybridized carbons (Fsp3) is 0.800. The molecule has 0 amide bonds. The summed E-state index contributed by atoms with van der Waals surface area (Å²) >= 11 is 0. The molecular formula is C15H30N5O+. The predicted octanol–water partition coefficient (Wildman–Crippen LogP) is 1.31. The zero-order valence-electron chi connectivity index (χ0n) is 13.7. The van der Waals surface area contributed by atoms with Gasteiger partial charge >= 0.3 is 0 Å². The third-order valence-corrected chi connectivity index (χ3v) is 4.68. The lowest BCUT2D eigenvalue weighted by Crippen LogP contribution is -2.42. The zero-order chi connectivity index (χ0) is 15.5. The fourth-order valence-electron chi connectivity index (χ4n) is 3.43. The van der Waals surface area contributed by atoms with Crippen LogP contribution in [0.5, 0.6) is 0 Å². The Kier molecular flexibility index (Phi) is 4.98. The number of nitrogen functional groups attached to an aromatic ring is 1. The van der Waals surface area contributed by atoms with Gasteiger partial charge in [0.1, 0.15) is 11.5 Å². The highest BCUT2D eigenvalue weighted by Gasteiger charge is 2.25. The minimum Gasteiger partial charge on any atom is -0.391 e. The van der Waals surface area contributed by atoms with Crippen molar-refractivity contribution in [3.8, 4) is 0 Å². The fourth-order valence-corrected chi connectivity index (χ4v) is 3.43. The smallest absolute Gasteiger partial charge is 0.292 e. The molecule has 3 N–H and O–H groups in total. The summed E-state index contributed by atoms with van der Waals surface area (Å²) in [5.41, 5.74) is 6.23. The average Bonchev–Trinajstić information content (AvgIpc) is 3.00. The summed E-state index contributed by atoms with van der Waals surface area (Å²) in [6.45, 7) is 10.1. The van der Waals surface area contributed by atoms with Crippen LogP contribution in [0.1, 0.15) is 33.1 Å². The highest BCUT2D eigenvalue weighted by atomic mass is 16.1. The lowest BCUT2D eigenvalue weighted by molar-refractivity contribution is -0.897. The van der Waals surface area contributed by atoms with Crippen LogP contribution in [-0.4, -0.2) is 47.1 Å². The first-order valence-corrected chi connectivity index (χ1v) is 8.19. The maximum absolute atomic E-state index is 12.1. The van der Waals surface area contributed by atoms with Gasteiger partial charge in [-0.15, -0.1) is 0 Å². The number of aromatic nitrogens is 2. The van der Waals surface area contributed by atoms with Crippen LogP contribution in [0.15, 0.2) is 4.79 Å². The van der Waals surface area contributed by atoms with Crippen LogP contribution in [0.3, 0.4) is 0 Å². The molecule has 1 aliphatic rings. The number of nitrogens with zero attached hydrogens (tertiary/aromatic N) is 3. The minimum absolute atomic E-state index is 0.0830. The second-order valence-electron chi connectivity index (χ2n) is 6.28. The van der Waals surface area contributed by atoms with Gasteiger partial charge in [0, 0.05) is 38.9 Å². The molecule has 120 valence electrons. The molecule has 2 heterocycles. The van der Waals surface area contributed by atoms with Crippen molar-refractivity contribution in [2.75, 3.05) is 44.3 Å². The molecule has 1 fully saturated rings. The number of anilines is 2. The summed E-state index contributed by atoms with van der Waals surface area (Å²) in [5.74, 6) is 0.786. The molecule has 1 aromatic rings. The Labute approximate surface area is 127 Å². The second kappa shape index (κ2) is 6.56. The molecule has 0 aliphatic carbocycles. The highest BCUT2D eigenvalue weighted by Crippen LogP contribution is 2.18. The van der Waals surface area contributed by atoms with Crippen LogP contribution >= 0.6 is 0 Å². The van der Waals surface area contributed by atoms with E-state index in [0.717, 1.165) is 25.3 Å². The predicted molar refractivity (Wildman–Crippen MR) is 87.6 cm³/mol. The second-order valence-corrected chi connectivity index (χ2v) is 6.28. The number of nitrogens with two attached hydrogens (primary N) is 1. The third kappa shape index (κ3) is 3.26. The van der Waals surface area contributed by atoms with Gasteiger partial charge in [-0.25, -0.2) is 4.68 Å². The molecule has 0 radical (unpaired) electrons. The van der Waals surface area contributed by atoms with Crippen LogP contribution in [0.2, 0.25) is 0 Å². The highest BCUT2D eigenvalue weighted by molar-refractivity contribution is 5.60. The van der Waals surface area contributed by atoms with E-state index in [4.69, 9.17) is 5.73 Å². The van der Waals surface area contributed by atoms with Gasteiger partial charge in [0.05, 0.1) is 26.7 Å². The van der Waals surface area contributed by atoms with Crippen molar-refractivity contribution < 1.29 is 4.48 Å². The number of hydrogen-bond donors (Lipinski definition) is 2. The number of nitrogens with one attached hydrogen (secondary N) is 1. The number of likely N-dealkylation sites (tertiary alicyclic amines) is 1. The van der Waals surface area contributed by atoms with Crippen LogP contribution < -0.4 is 16.6 Å². The van der Waals surface area contributed by atoms with Gasteiger partial charge in [-0.1, -0.05) is 0 Å². The summed E-state index contributed by atoms with van der Waals surface area (Å²) in [7, 11) is 2.34. The normalized spacial score (nSPS) is 17.3. The average molecular weight is 296 g/mol. The quantitative estimate of drug-likeness (QED) is 0.589. The van der Waals surface area contributed by atoms with E-state index in [9.17, 15) is 4.79 Å². The van der Waals surface area contributed by atoms with E-state index in [0.29, 0.717) is 12.2 Å². The van der Waals surface area contributed by atoms with Gasteiger partial charge < -0.3 is 15.5 Å². The summed E-state index contributed by atoms with van der Waals surface area (Å²) in [5, 5.41) is 3.38. The molecule has 0 atom stereocenters. The van der Waals surface area contributed by atoms with Crippen LogP contribution in [0.25, 0.3) is 0 Å². The summed E-state index contributed by atoms with van der Waals surface area (Å²) in [6.07, 6.45) is 3.81. The van der Waals surface area contributed by atoms with Gasteiger partial charge in [-0.05, 0) is 13.8 Å². The monoisotopic (exact) mass is 296 g/mol. The van der Waals surface area contributed by atoms with E-state index in [1.807, 2.05) is 18.5 Å². The first-order valence-electron chi connectivity index (χ1n) is 8.19. The molecule has 1 saturated heterocycles. The standard InChI is InChI=1S/C15H29N5O/c1-4-18-14(13(16)15(21)19(18)5-2)17-9-8-12-20(3)10-6-7-11-20/h4-12,16H2,1-3H3/p+1. The first kappa shape index (κ1) is 15.9. The van der Waals surface area contributed by atoms with Crippen LogP contribution in [-0.2, 0) is 13.1 Å². The molecule has 0 aromatic carbocycles. The van der Waals surface area contributed by atoms with E-state index in [-0.39, 0.29) is 5.56 Å². The largest absolute Gasteiger partial charge is 0.391 e. The van der Waals surface area contributed by atoms with Crippen LogP contribution in [0, 0.1) is 0 Å². The van der Waals surface area contributed by atoms with Crippen molar-refractivity contribution in [3.63, 3.8) is 0 Å². The van der Waals surface area contributed by atoms with Crippen molar-refractivity contribution in [3.05, 3.63) is 10.4 Å². The SMILES string of the molecule is CCn1c(NCCC[N+]2(C)CCCC2)c(N)c(=O)n1CC. The van der Waals surface area contributed by atoms with E-state index in [1.54, 1.807) is 4.68 Å². The molecular weight excluding hydrogens is 266 g/mol. The van der Waals surface area contributed by atoms with E-state index < -0.39 is 0 Å². The molecule has 1 aliphatic heterocycles. The third-order valence-electron chi connectivity index (χ3n) is 4.68. The number of rotatable bonds is 7. The Bertz CT molecular complexity index is 525. The Hall–Kier alpha value is -1.43. The van der Waals surface area contributed by atoms with Crippen LogP contribution in [0.4, 0.5) is 11.5 Å². The Morgan fingerprint density at radius 1 is 1.19 bits per heavy atom. The van der Waals surface area contributed by atoms with Gasteiger partial charge in [0.15, 0.2) is 0 Å². The van der Waals surface area contributed by atoms with E-state index >= 15 is 0 Å². The maximum Gasteiger partial charge on any atom is 0.292 e. The molecule has 2 rings (SSSR count).